The van der Waals surface area contributed by atoms with Crippen molar-refractivity contribution in [3.8, 4) is 11.5 Å². The first kappa shape index (κ1) is 22.3. The van der Waals surface area contributed by atoms with E-state index in [1.807, 2.05) is 18.2 Å². The van der Waals surface area contributed by atoms with Crippen molar-refractivity contribution in [3.63, 3.8) is 0 Å². The van der Waals surface area contributed by atoms with E-state index in [-0.39, 0.29) is 23.3 Å². The van der Waals surface area contributed by atoms with E-state index in [2.05, 4.69) is 0 Å². The summed E-state index contributed by atoms with van der Waals surface area (Å²) in [5.74, 6) is 0.618. The quantitative estimate of drug-likeness (QED) is 0.346. The summed E-state index contributed by atoms with van der Waals surface area (Å²) in [6.07, 6.45) is 0. The van der Waals surface area contributed by atoms with Gasteiger partial charge in [-0.1, -0.05) is 47.5 Å². The molecule has 0 spiro atoms. The average Bonchev–Trinajstić information content (AvgIpc) is 3.12. The highest BCUT2D eigenvalue weighted by molar-refractivity contribution is 6.31. The van der Waals surface area contributed by atoms with E-state index in [4.69, 9.17) is 37.1 Å². The van der Waals surface area contributed by atoms with E-state index in [1.165, 1.54) is 7.11 Å². The number of benzene rings is 3. The minimum absolute atomic E-state index is 0.00617. The van der Waals surface area contributed by atoms with Crippen LogP contribution in [-0.2, 0) is 6.54 Å². The van der Waals surface area contributed by atoms with E-state index >= 15 is 0 Å². The van der Waals surface area contributed by atoms with E-state index in [9.17, 15) is 9.59 Å². The van der Waals surface area contributed by atoms with Gasteiger partial charge in [0.1, 0.15) is 5.58 Å². The van der Waals surface area contributed by atoms with Crippen molar-refractivity contribution in [2.45, 2.75) is 12.6 Å². The predicted molar refractivity (Wildman–Crippen MR) is 130 cm³/mol. The lowest BCUT2D eigenvalue weighted by Gasteiger charge is -2.26. The monoisotopic (exact) mass is 495 g/mol. The van der Waals surface area contributed by atoms with Crippen LogP contribution in [0.4, 0.5) is 0 Å². The van der Waals surface area contributed by atoms with E-state index < -0.39 is 11.9 Å². The maximum atomic E-state index is 13.7. The van der Waals surface area contributed by atoms with Gasteiger partial charge >= 0.3 is 0 Å². The van der Waals surface area contributed by atoms with Crippen LogP contribution in [0.25, 0.3) is 11.0 Å². The Balaban J connectivity index is 1.75. The second-order valence-corrected chi connectivity index (χ2v) is 8.70. The Labute approximate surface area is 205 Å². The molecular formula is C26H19Cl2NO5. The number of hydrogen-bond donors (Lipinski definition) is 0. The minimum Gasteiger partial charge on any atom is -0.493 e. The number of hydrogen-bond acceptors (Lipinski definition) is 5. The molecule has 0 fully saturated rings. The van der Waals surface area contributed by atoms with Crippen LogP contribution in [0.3, 0.4) is 0 Å². The molecule has 2 heterocycles. The van der Waals surface area contributed by atoms with Gasteiger partial charge in [-0.05, 0) is 47.5 Å². The van der Waals surface area contributed by atoms with Crippen LogP contribution in [-0.4, -0.2) is 25.0 Å². The summed E-state index contributed by atoms with van der Waals surface area (Å²) in [6.45, 7) is 0.179. The second kappa shape index (κ2) is 8.70. The lowest BCUT2D eigenvalue weighted by atomic mass is 9.97. The lowest BCUT2D eigenvalue weighted by molar-refractivity contribution is 0.0714. The smallest absolute Gasteiger partial charge is 0.291 e. The molecule has 4 aromatic rings. The predicted octanol–water partition coefficient (Wildman–Crippen LogP) is 5.86. The summed E-state index contributed by atoms with van der Waals surface area (Å²) in [7, 11) is 3.07. The van der Waals surface area contributed by atoms with Crippen LogP contribution in [0, 0.1) is 0 Å². The Kier molecular flexibility index (Phi) is 5.71. The molecule has 34 heavy (non-hydrogen) atoms. The molecule has 8 heteroatoms. The van der Waals surface area contributed by atoms with Gasteiger partial charge in [-0.25, -0.2) is 0 Å². The Morgan fingerprint density at radius 2 is 1.71 bits per heavy atom. The van der Waals surface area contributed by atoms with Crippen molar-refractivity contribution in [1.82, 2.24) is 4.90 Å². The topological polar surface area (TPSA) is 69.0 Å². The summed E-state index contributed by atoms with van der Waals surface area (Å²) in [5, 5.41) is 1.23. The van der Waals surface area contributed by atoms with Crippen LogP contribution in [0.5, 0.6) is 11.5 Å². The molecule has 0 N–H and O–H groups in total. The van der Waals surface area contributed by atoms with Crippen molar-refractivity contribution >= 4 is 40.1 Å². The maximum absolute atomic E-state index is 13.7. The Morgan fingerprint density at radius 1 is 0.941 bits per heavy atom. The fourth-order valence-corrected chi connectivity index (χ4v) is 4.70. The Bertz CT molecular complexity index is 1500. The summed E-state index contributed by atoms with van der Waals surface area (Å²) < 4.78 is 16.8. The molecule has 0 saturated heterocycles. The van der Waals surface area contributed by atoms with Gasteiger partial charge < -0.3 is 18.8 Å². The fraction of sp³-hybridized carbons (Fsp3) is 0.154. The Morgan fingerprint density at radius 3 is 2.44 bits per heavy atom. The van der Waals surface area contributed by atoms with Crippen LogP contribution in [0.1, 0.15) is 33.3 Å². The standard InChI is InChI=1S/C26H19Cl2NO5/c1-32-20-9-7-14(11-21(20)33-2)23-22-24(30)17-12-16(27)8-10-19(17)34-25(22)26(31)29(23)13-15-5-3-4-6-18(15)28/h3-12,23H,13H2,1-2H3/t23-/m0/s1. The zero-order valence-electron chi connectivity index (χ0n) is 18.3. The first-order valence-corrected chi connectivity index (χ1v) is 11.2. The van der Waals surface area contributed by atoms with Crippen LogP contribution < -0.4 is 14.9 Å². The number of amides is 1. The number of carbonyl (C=O) groups excluding carboxylic acids is 1. The van der Waals surface area contributed by atoms with Crippen LogP contribution in [0.2, 0.25) is 10.0 Å². The van der Waals surface area contributed by atoms with Gasteiger partial charge in [-0.15, -0.1) is 0 Å². The van der Waals surface area contributed by atoms with Crippen molar-refractivity contribution in [3.05, 3.63) is 103 Å². The third kappa shape index (κ3) is 3.59. The summed E-state index contributed by atoms with van der Waals surface area (Å²) in [6, 6.07) is 16.6. The normalized spacial score (nSPS) is 15.0. The number of methoxy groups -OCH3 is 2. The average molecular weight is 496 g/mol. The largest absolute Gasteiger partial charge is 0.493 e. The van der Waals surface area contributed by atoms with Crippen molar-refractivity contribution in [2.75, 3.05) is 14.2 Å². The molecule has 1 aliphatic heterocycles. The van der Waals surface area contributed by atoms with Gasteiger partial charge in [0.15, 0.2) is 16.9 Å². The molecule has 6 nitrogen and oxygen atoms in total. The minimum atomic E-state index is -0.724. The molecule has 1 atom stereocenters. The van der Waals surface area contributed by atoms with Crippen LogP contribution >= 0.6 is 23.2 Å². The van der Waals surface area contributed by atoms with Gasteiger partial charge in [-0.2, -0.15) is 0 Å². The SMILES string of the molecule is COc1ccc([C@H]2c3c(oc4ccc(Cl)cc4c3=O)C(=O)N2Cc2ccccc2Cl)cc1OC. The van der Waals surface area contributed by atoms with E-state index in [0.717, 1.165) is 5.56 Å². The fourth-order valence-electron chi connectivity index (χ4n) is 4.34. The summed E-state index contributed by atoms with van der Waals surface area (Å²) in [5.41, 5.74) is 1.65. The number of halogens is 2. The molecule has 0 saturated carbocycles. The van der Waals surface area contributed by atoms with Gasteiger partial charge in [0.25, 0.3) is 5.91 Å². The molecule has 172 valence electrons. The van der Waals surface area contributed by atoms with Crippen LogP contribution in [0.15, 0.2) is 69.9 Å². The van der Waals surface area contributed by atoms with E-state index in [1.54, 1.807) is 54.5 Å². The van der Waals surface area contributed by atoms with Crippen molar-refractivity contribution in [2.24, 2.45) is 0 Å². The molecular weight excluding hydrogens is 477 g/mol. The van der Waals surface area contributed by atoms with Gasteiger partial charge in [0.2, 0.25) is 5.76 Å². The molecule has 0 aliphatic carbocycles. The highest BCUT2D eigenvalue weighted by atomic mass is 35.5. The third-order valence-electron chi connectivity index (χ3n) is 5.95. The molecule has 0 radical (unpaired) electrons. The molecule has 3 aromatic carbocycles. The molecule has 1 amide bonds. The maximum Gasteiger partial charge on any atom is 0.291 e. The molecule has 1 aromatic heterocycles. The molecule has 0 bridgehead atoms. The number of fused-ring (bicyclic) bond motifs is 2. The highest BCUT2D eigenvalue weighted by Gasteiger charge is 2.43. The highest BCUT2D eigenvalue weighted by Crippen LogP contribution is 2.42. The number of rotatable bonds is 5. The first-order chi connectivity index (χ1) is 16.4. The second-order valence-electron chi connectivity index (χ2n) is 7.86. The van der Waals surface area contributed by atoms with Crippen molar-refractivity contribution < 1.29 is 18.7 Å². The van der Waals surface area contributed by atoms with Gasteiger partial charge in [0, 0.05) is 16.6 Å². The van der Waals surface area contributed by atoms with Gasteiger partial charge in [0.05, 0.1) is 31.2 Å². The molecule has 5 rings (SSSR count). The Hall–Kier alpha value is -3.48. The zero-order valence-corrected chi connectivity index (χ0v) is 19.8. The van der Waals surface area contributed by atoms with Gasteiger partial charge in [-0.3, -0.25) is 9.59 Å². The molecule has 0 unspecified atom stereocenters. The zero-order chi connectivity index (χ0) is 24.0. The lowest BCUT2D eigenvalue weighted by Crippen LogP contribution is -2.29. The third-order valence-corrected chi connectivity index (χ3v) is 6.55. The van der Waals surface area contributed by atoms with E-state index in [0.29, 0.717) is 38.1 Å². The van der Waals surface area contributed by atoms with Crippen molar-refractivity contribution in [1.29, 1.82) is 0 Å². The first-order valence-electron chi connectivity index (χ1n) is 10.5. The summed E-state index contributed by atoms with van der Waals surface area (Å²) in [4.78, 5) is 28.9. The number of nitrogens with zero attached hydrogens (tertiary/aromatic N) is 1. The molecule has 1 aliphatic rings. The number of ether oxygens (including phenoxy) is 2. The summed E-state index contributed by atoms with van der Waals surface area (Å²) >= 11 is 12.5. The number of carbonyl (C=O) groups is 1.